The van der Waals surface area contributed by atoms with Crippen molar-refractivity contribution in [2.45, 2.75) is 39.3 Å². The van der Waals surface area contributed by atoms with Gasteiger partial charge in [-0.25, -0.2) is 4.99 Å². The molecule has 130 valence electrons. The fourth-order valence-electron chi connectivity index (χ4n) is 2.67. The first kappa shape index (κ1) is 19.8. The Bertz CT molecular complexity index is 528. The minimum Gasteiger partial charge on any atom is -0.357 e. The number of carbonyl (C=O) groups is 1. The molecule has 1 atom stereocenters. The summed E-state index contributed by atoms with van der Waals surface area (Å²) in [6, 6.07) is 2.36. The summed E-state index contributed by atoms with van der Waals surface area (Å²) in [6.45, 7) is 7.05. The summed E-state index contributed by atoms with van der Waals surface area (Å²) in [5, 5.41) is 6.71. The van der Waals surface area contributed by atoms with E-state index in [9.17, 15) is 4.79 Å². The Morgan fingerprint density at radius 3 is 2.83 bits per heavy atom. The number of nitrogens with zero attached hydrogens (tertiary/aromatic N) is 3. The number of likely N-dealkylation sites (tertiary alicyclic amines) is 1. The van der Waals surface area contributed by atoms with E-state index in [0.717, 1.165) is 32.0 Å². The number of hydrogen-bond donors (Lipinski definition) is 2. The van der Waals surface area contributed by atoms with Crippen molar-refractivity contribution in [1.29, 1.82) is 0 Å². The molecular weight excluding hydrogens is 405 g/mol. The van der Waals surface area contributed by atoms with Crippen LogP contribution < -0.4 is 10.6 Å². The molecule has 0 spiro atoms. The third-order valence-corrected chi connectivity index (χ3v) is 3.84. The topological polar surface area (TPSA) is 61.7 Å². The molecule has 2 rings (SSSR count). The third-order valence-electron chi connectivity index (χ3n) is 3.84. The molecule has 0 bridgehead atoms. The molecule has 1 unspecified atom stereocenters. The zero-order valence-corrected chi connectivity index (χ0v) is 16.5. The highest BCUT2D eigenvalue weighted by Gasteiger charge is 2.25. The predicted molar refractivity (Wildman–Crippen MR) is 104 cm³/mol. The summed E-state index contributed by atoms with van der Waals surface area (Å²) < 4.78 is 2.02. The lowest BCUT2D eigenvalue weighted by molar-refractivity contribution is -0.129. The number of rotatable bonds is 5. The number of aromatic nitrogens is 1. The zero-order valence-electron chi connectivity index (χ0n) is 14.2. The summed E-state index contributed by atoms with van der Waals surface area (Å²) in [4.78, 5) is 18.3. The molecule has 1 saturated heterocycles. The van der Waals surface area contributed by atoms with Gasteiger partial charge in [-0.2, -0.15) is 0 Å². The van der Waals surface area contributed by atoms with Gasteiger partial charge >= 0.3 is 0 Å². The van der Waals surface area contributed by atoms with E-state index in [-0.39, 0.29) is 35.9 Å². The van der Waals surface area contributed by atoms with Crippen molar-refractivity contribution in [3.8, 4) is 0 Å². The Balaban J connectivity index is 0.00000264. The minimum absolute atomic E-state index is 0. The second kappa shape index (κ2) is 9.79. The van der Waals surface area contributed by atoms with E-state index < -0.39 is 0 Å². The van der Waals surface area contributed by atoms with Crippen LogP contribution in [0.2, 0.25) is 0 Å². The van der Waals surface area contributed by atoms with Crippen molar-refractivity contribution in [2.75, 3.05) is 19.6 Å². The standard InChI is InChI=1S/C16H27N5O.HI/c1-4-15(22)21-9-7-14(12-21)19-16(17-5-2)18-10-13-6-8-20(3)11-13;/h6,8,11,14H,4-5,7,9-10,12H2,1-3H3,(H2,17,18,19);1H. The van der Waals surface area contributed by atoms with Crippen LogP contribution >= 0.6 is 24.0 Å². The molecule has 23 heavy (non-hydrogen) atoms. The molecule has 2 heterocycles. The number of guanidine groups is 1. The Hall–Kier alpha value is -1.25. The van der Waals surface area contributed by atoms with E-state index in [2.05, 4.69) is 34.8 Å². The summed E-state index contributed by atoms with van der Waals surface area (Å²) in [6.07, 6.45) is 5.65. The van der Waals surface area contributed by atoms with Crippen LogP contribution in [0.3, 0.4) is 0 Å². The molecule has 1 amide bonds. The van der Waals surface area contributed by atoms with E-state index in [4.69, 9.17) is 0 Å². The van der Waals surface area contributed by atoms with Gasteiger partial charge in [0.25, 0.3) is 0 Å². The van der Waals surface area contributed by atoms with Crippen LogP contribution in [-0.4, -0.2) is 47.0 Å². The molecule has 0 saturated carbocycles. The van der Waals surface area contributed by atoms with Crippen molar-refractivity contribution in [3.63, 3.8) is 0 Å². The predicted octanol–water partition coefficient (Wildman–Crippen LogP) is 1.71. The number of aliphatic imine (C=N–C) groups is 1. The maximum atomic E-state index is 11.7. The van der Waals surface area contributed by atoms with Gasteiger partial charge in [0.15, 0.2) is 5.96 Å². The Kier molecular flexibility index (Phi) is 8.43. The molecule has 1 fully saturated rings. The lowest BCUT2D eigenvalue weighted by Gasteiger charge is -2.18. The lowest BCUT2D eigenvalue weighted by Crippen LogP contribution is -2.45. The molecule has 6 nitrogen and oxygen atoms in total. The van der Waals surface area contributed by atoms with Crippen LogP contribution in [0.15, 0.2) is 23.5 Å². The molecule has 0 aliphatic carbocycles. The maximum absolute atomic E-state index is 11.7. The van der Waals surface area contributed by atoms with Crippen LogP contribution in [0, 0.1) is 0 Å². The highest BCUT2D eigenvalue weighted by atomic mass is 127. The van der Waals surface area contributed by atoms with Crippen molar-refractivity contribution in [3.05, 3.63) is 24.0 Å². The zero-order chi connectivity index (χ0) is 15.9. The van der Waals surface area contributed by atoms with Crippen LogP contribution in [0.25, 0.3) is 0 Å². The van der Waals surface area contributed by atoms with Crippen LogP contribution in [0.4, 0.5) is 0 Å². The van der Waals surface area contributed by atoms with Crippen LogP contribution in [0.1, 0.15) is 32.3 Å². The first-order chi connectivity index (χ1) is 10.6. The van der Waals surface area contributed by atoms with Gasteiger partial charge in [-0.05, 0) is 25.0 Å². The normalized spacial score (nSPS) is 17.8. The van der Waals surface area contributed by atoms with E-state index in [1.807, 2.05) is 29.6 Å². The second-order valence-corrected chi connectivity index (χ2v) is 5.70. The molecule has 1 aliphatic heterocycles. The van der Waals surface area contributed by atoms with E-state index >= 15 is 0 Å². The first-order valence-electron chi connectivity index (χ1n) is 8.05. The number of hydrogen-bond acceptors (Lipinski definition) is 2. The van der Waals surface area contributed by atoms with Crippen molar-refractivity contribution in [1.82, 2.24) is 20.1 Å². The van der Waals surface area contributed by atoms with Gasteiger partial charge in [0, 0.05) is 51.5 Å². The summed E-state index contributed by atoms with van der Waals surface area (Å²) in [5.41, 5.74) is 1.19. The molecule has 1 aliphatic rings. The summed E-state index contributed by atoms with van der Waals surface area (Å²) in [7, 11) is 2.01. The maximum Gasteiger partial charge on any atom is 0.222 e. The van der Waals surface area contributed by atoms with Gasteiger partial charge in [0.2, 0.25) is 5.91 Å². The highest BCUT2D eigenvalue weighted by Crippen LogP contribution is 2.10. The highest BCUT2D eigenvalue weighted by molar-refractivity contribution is 14.0. The molecule has 2 N–H and O–H groups in total. The Morgan fingerprint density at radius 1 is 1.43 bits per heavy atom. The molecular formula is C16H28IN5O. The lowest BCUT2D eigenvalue weighted by atomic mass is 10.3. The molecule has 1 aromatic heterocycles. The minimum atomic E-state index is 0. The fraction of sp³-hybridized carbons (Fsp3) is 0.625. The number of aryl methyl sites for hydroxylation is 1. The monoisotopic (exact) mass is 433 g/mol. The number of carbonyl (C=O) groups excluding carboxylic acids is 1. The molecule has 1 aromatic rings. The van der Waals surface area contributed by atoms with E-state index in [0.29, 0.717) is 13.0 Å². The Morgan fingerprint density at radius 2 is 2.22 bits per heavy atom. The second-order valence-electron chi connectivity index (χ2n) is 5.70. The Labute approximate surface area is 155 Å². The molecule has 0 aromatic carbocycles. The first-order valence-corrected chi connectivity index (χ1v) is 8.05. The third kappa shape index (κ3) is 6.04. The fourth-order valence-corrected chi connectivity index (χ4v) is 2.67. The van der Waals surface area contributed by atoms with E-state index in [1.165, 1.54) is 5.56 Å². The summed E-state index contributed by atoms with van der Waals surface area (Å²) in [5.74, 6) is 1.05. The van der Waals surface area contributed by atoms with Gasteiger partial charge in [0.1, 0.15) is 0 Å². The largest absolute Gasteiger partial charge is 0.357 e. The smallest absolute Gasteiger partial charge is 0.222 e. The van der Waals surface area contributed by atoms with Crippen molar-refractivity contribution >= 4 is 35.8 Å². The van der Waals surface area contributed by atoms with Crippen LogP contribution in [-0.2, 0) is 18.4 Å². The van der Waals surface area contributed by atoms with Gasteiger partial charge < -0.3 is 20.1 Å². The average Bonchev–Trinajstić information content (AvgIpc) is 3.13. The molecule has 0 radical (unpaired) electrons. The number of nitrogens with one attached hydrogen (secondary N) is 2. The van der Waals surface area contributed by atoms with Crippen molar-refractivity contribution in [2.24, 2.45) is 12.0 Å². The SMILES string of the molecule is CCNC(=NCc1ccn(C)c1)NC1CCN(C(=O)CC)C1.I. The van der Waals surface area contributed by atoms with Gasteiger partial charge in [-0.15, -0.1) is 24.0 Å². The average molecular weight is 433 g/mol. The quantitative estimate of drug-likeness (QED) is 0.422. The van der Waals surface area contributed by atoms with Gasteiger partial charge in [-0.1, -0.05) is 6.92 Å². The summed E-state index contributed by atoms with van der Waals surface area (Å²) >= 11 is 0. The number of amides is 1. The van der Waals surface area contributed by atoms with Crippen molar-refractivity contribution < 1.29 is 4.79 Å². The van der Waals surface area contributed by atoms with E-state index in [1.54, 1.807) is 0 Å². The molecule has 7 heteroatoms. The van der Waals surface area contributed by atoms with Gasteiger partial charge in [0.05, 0.1) is 6.54 Å². The van der Waals surface area contributed by atoms with Crippen LogP contribution in [0.5, 0.6) is 0 Å². The number of halogens is 1. The van der Waals surface area contributed by atoms with Gasteiger partial charge in [-0.3, -0.25) is 4.79 Å².